The van der Waals surface area contributed by atoms with Crippen LogP contribution in [0.25, 0.3) is 22.2 Å². The molecule has 1 aliphatic rings. The number of sulfonamides is 1. The van der Waals surface area contributed by atoms with E-state index in [2.05, 4.69) is 20.8 Å². The van der Waals surface area contributed by atoms with Gasteiger partial charge in [0.1, 0.15) is 23.7 Å². The van der Waals surface area contributed by atoms with Crippen LogP contribution in [0.5, 0.6) is 11.6 Å². The van der Waals surface area contributed by atoms with Gasteiger partial charge in [0, 0.05) is 35.5 Å². The molecule has 0 bridgehead atoms. The fourth-order valence-electron chi connectivity index (χ4n) is 4.76. The molecule has 39 heavy (non-hydrogen) atoms. The van der Waals surface area contributed by atoms with Gasteiger partial charge in [0.2, 0.25) is 15.7 Å². The number of halogens is 1. The van der Waals surface area contributed by atoms with Crippen LogP contribution in [0.3, 0.4) is 0 Å². The fraction of sp³-hybridized carbons (Fsp3) is 0.286. The minimum Gasteiger partial charge on any atom is -0.436 e. The molecule has 11 heteroatoms. The maximum atomic E-state index is 15.2. The first-order valence-corrected chi connectivity index (χ1v) is 14.1. The topological polar surface area (TPSA) is 134 Å². The standard InChI is InChI=1S/C28H25FN6O3S/c1-17(2)16-39(36,37)34-24-9-6-18(12-23(24)29)27-22(14-30)21-8-7-20(13-26(21)35(27)19-4-3-5-19)38-28-25(15-31)32-10-11-33-28/h6-13,17,19,34H,3-5,16H2,1-2H3. The number of nitrogens with one attached hydrogen (secondary N) is 1. The van der Waals surface area contributed by atoms with Crippen LogP contribution in [0.1, 0.15) is 50.4 Å². The summed E-state index contributed by atoms with van der Waals surface area (Å²) < 4.78 is 50.2. The molecule has 0 unspecified atom stereocenters. The van der Waals surface area contributed by atoms with E-state index in [-0.39, 0.29) is 35.0 Å². The summed E-state index contributed by atoms with van der Waals surface area (Å²) in [5.74, 6) is -0.494. The second kappa shape index (κ2) is 10.4. The number of aromatic nitrogens is 3. The van der Waals surface area contributed by atoms with Crippen LogP contribution in [0.2, 0.25) is 0 Å². The lowest BCUT2D eigenvalue weighted by atomic mass is 9.92. The van der Waals surface area contributed by atoms with Crippen molar-refractivity contribution in [3.63, 3.8) is 0 Å². The summed E-state index contributed by atoms with van der Waals surface area (Å²) in [5.41, 5.74) is 2.03. The van der Waals surface area contributed by atoms with E-state index in [0.717, 1.165) is 24.8 Å². The van der Waals surface area contributed by atoms with Crippen molar-refractivity contribution in [2.75, 3.05) is 10.5 Å². The zero-order valence-corrected chi connectivity index (χ0v) is 22.2. The maximum Gasteiger partial charge on any atom is 0.256 e. The first-order chi connectivity index (χ1) is 18.7. The van der Waals surface area contributed by atoms with Gasteiger partial charge < -0.3 is 9.30 Å². The molecule has 0 radical (unpaired) electrons. The normalized spacial score (nSPS) is 13.6. The lowest BCUT2D eigenvalue weighted by Crippen LogP contribution is -2.20. The molecule has 198 valence electrons. The van der Waals surface area contributed by atoms with Crippen molar-refractivity contribution >= 4 is 26.6 Å². The Morgan fingerprint density at radius 3 is 2.54 bits per heavy atom. The van der Waals surface area contributed by atoms with Gasteiger partial charge >= 0.3 is 0 Å². The highest BCUT2D eigenvalue weighted by atomic mass is 32.2. The zero-order valence-electron chi connectivity index (χ0n) is 21.3. The van der Waals surface area contributed by atoms with Crippen LogP contribution in [0.15, 0.2) is 48.8 Å². The molecule has 0 amide bonds. The summed E-state index contributed by atoms with van der Waals surface area (Å²) in [6.07, 6.45) is 5.65. The van der Waals surface area contributed by atoms with E-state index in [4.69, 9.17) is 4.74 Å². The van der Waals surface area contributed by atoms with E-state index >= 15 is 4.39 Å². The van der Waals surface area contributed by atoms with Crippen LogP contribution < -0.4 is 9.46 Å². The Hall–Kier alpha value is -4.48. The average molecular weight is 545 g/mol. The number of hydrogen-bond donors (Lipinski definition) is 1. The molecule has 0 atom stereocenters. The molecule has 1 saturated carbocycles. The van der Waals surface area contributed by atoms with Crippen LogP contribution in [0, 0.1) is 34.4 Å². The second-order valence-corrected chi connectivity index (χ2v) is 11.6. The molecule has 0 saturated heterocycles. The Bertz CT molecular complexity index is 1760. The van der Waals surface area contributed by atoms with Gasteiger partial charge in [-0.1, -0.05) is 19.9 Å². The number of benzene rings is 2. The Labute approximate surface area is 225 Å². The molecule has 9 nitrogen and oxygen atoms in total. The molecule has 4 aromatic rings. The van der Waals surface area contributed by atoms with Gasteiger partial charge in [-0.2, -0.15) is 10.5 Å². The van der Waals surface area contributed by atoms with Gasteiger partial charge in [0.15, 0.2) is 0 Å². The Morgan fingerprint density at radius 2 is 1.90 bits per heavy atom. The minimum absolute atomic E-state index is 0.0463. The van der Waals surface area contributed by atoms with Crippen molar-refractivity contribution in [1.82, 2.24) is 14.5 Å². The fourth-order valence-corrected chi connectivity index (χ4v) is 6.22. The highest BCUT2D eigenvalue weighted by molar-refractivity contribution is 7.92. The zero-order chi connectivity index (χ0) is 27.7. The quantitative estimate of drug-likeness (QED) is 0.292. The largest absolute Gasteiger partial charge is 0.436 e. The molecule has 5 rings (SSSR count). The SMILES string of the molecule is CC(C)CS(=O)(=O)Nc1ccc(-c2c(C#N)c3ccc(Oc4nccnc4C#N)cc3n2C2CCC2)cc1F. The molecule has 2 heterocycles. The Kier molecular flexibility index (Phi) is 6.94. The smallest absolute Gasteiger partial charge is 0.256 e. The predicted molar refractivity (Wildman–Crippen MR) is 144 cm³/mol. The number of fused-ring (bicyclic) bond motifs is 1. The monoisotopic (exact) mass is 544 g/mol. The van der Waals surface area contributed by atoms with E-state index in [1.807, 2.05) is 10.6 Å². The number of anilines is 1. The molecule has 1 fully saturated rings. The molecule has 0 aliphatic heterocycles. The van der Waals surface area contributed by atoms with Crippen LogP contribution in [0.4, 0.5) is 10.1 Å². The number of rotatable bonds is 8. The molecule has 1 N–H and O–H groups in total. The average Bonchev–Trinajstić information content (AvgIpc) is 3.17. The third-order valence-electron chi connectivity index (χ3n) is 6.57. The van der Waals surface area contributed by atoms with Gasteiger partial charge in [-0.3, -0.25) is 4.72 Å². The lowest BCUT2D eigenvalue weighted by molar-refractivity contribution is 0.324. The van der Waals surface area contributed by atoms with E-state index < -0.39 is 15.8 Å². The van der Waals surface area contributed by atoms with E-state index in [1.165, 1.54) is 24.5 Å². The summed E-state index contributed by atoms with van der Waals surface area (Å²) in [7, 11) is -3.71. The van der Waals surface area contributed by atoms with Crippen molar-refractivity contribution in [3.8, 4) is 35.0 Å². The van der Waals surface area contributed by atoms with Gasteiger partial charge in [-0.25, -0.2) is 22.8 Å². The molecule has 1 aliphatic carbocycles. The molecule has 0 spiro atoms. The molecule has 2 aromatic heterocycles. The van der Waals surface area contributed by atoms with E-state index in [1.54, 1.807) is 38.1 Å². The summed E-state index contributed by atoms with van der Waals surface area (Å²) in [6, 6.07) is 13.8. The second-order valence-electron chi connectivity index (χ2n) is 9.87. The first-order valence-electron chi connectivity index (χ1n) is 12.5. The summed E-state index contributed by atoms with van der Waals surface area (Å²) in [5, 5.41) is 20.2. The minimum atomic E-state index is -3.71. The van der Waals surface area contributed by atoms with Gasteiger partial charge in [-0.15, -0.1) is 0 Å². The van der Waals surface area contributed by atoms with Gasteiger partial charge in [0.05, 0.1) is 28.2 Å². The molecule has 2 aromatic carbocycles. The van der Waals surface area contributed by atoms with Crippen LogP contribution in [-0.2, 0) is 10.0 Å². The lowest BCUT2D eigenvalue weighted by Gasteiger charge is -2.30. The highest BCUT2D eigenvalue weighted by Gasteiger charge is 2.29. The van der Waals surface area contributed by atoms with Crippen LogP contribution >= 0.6 is 0 Å². The molecular weight excluding hydrogens is 519 g/mol. The summed E-state index contributed by atoms with van der Waals surface area (Å²) in [6.45, 7) is 3.54. The Morgan fingerprint density at radius 1 is 1.13 bits per heavy atom. The first kappa shape index (κ1) is 26.1. The van der Waals surface area contributed by atoms with Crippen molar-refractivity contribution in [2.45, 2.75) is 39.2 Å². The number of ether oxygens (including phenoxy) is 1. The van der Waals surface area contributed by atoms with Crippen molar-refractivity contribution in [2.24, 2.45) is 5.92 Å². The van der Waals surface area contributed by atoms with Gasteiger partial charge in [0.25, 0.3) is 5.88 Å². The summed E-state index contributed by atoms with van der Waals surface area (Å²) in [4.78, 5) is 8.07. The van der Waals surface area contributed by atoms with Crippen molar-refractivity contribution in [3.05, 3.63) is 65.9 Å². The number of hydrogen-bond acceptors (Lipinski definition) is 7. The van der Waals surface area contributed by atoms with Crippen molar-refractivity contribution in [1.29, 1.82) is 10.5 Å². The predicted octanol–water partition coefficient (Wildman–Crippen LogP) is 5.90. The third-order valence-corrected chi connectivity index (χ3v) is 8.21. The third kappa shape index (κ3) is 5.14. The number of nitrogens with zero attached hydrogens (tertiary/aromatic N) is 5. The Balaban J connectivity index is 1.61. The highest BCUT2D eigenvalue weighted by Crippen LogP contribution is 2.44. The van der Waals surface area contributed by atoms with Crippen molar-refractivity contribution < 1.29 is 17.5 Å². The van der Waals surface area contributed by atoms with E-state index in [0.29, 0.717) is 28.0 Å². The maximum absolute atomic E-state index is 15.2. The van der Waals surface area contributed by atoms with Crippen LogP contribution in [-0.4, -0.2) is 28.7 Å². The molecular formula is C28H25FN6O3S. The van der Waals surface area contributed by atoms with E-state index in [9.17, 15) is 18.9 Å². The number of nitriles is 2. The summed E-state index contributed by atoms with van der Waals surface area (Å²) >= 11 is 0. The van der Waals surface area contributed by atoms with Gasteiger partial charge in [-0.05, 0) is 49.4 Å².